The second-order valence-electron chi connectivity index (χ2n) is 18.7. The van der Waals surface area contributed by atoms with E-state index in [-0.39, 0.29) is 5.41 Å². The van der Waals surface area contributed by atoms with Gasteiger partial charge in [-0.1, -0.05) is 161 Å². The van der Waals surface area contributed by atoms with E-state index in [1.807, 2.05) is 0 Å². The van der Waals surface area contributed by atoms with Crippen molar-refractivity contribution in [3.8, 4) is 44.5 Å². The van der Waals surface area contributed by atoms with Crippen LogP contribution in [0.3, 0.4) is 0 Å². The van der Waals surface area contributed by atoms with Crippen LogP contribution in [0.15, 0.2) is 164 Å². The Balaban J connectivity index is 1.05. The van der Waals surface area contributed by atoms with Gasteiger partial charge in [-0.25, -0.2) is 0 Å². The van der Waals surface area contributed by atoms with Crippen molar-refractivity contribution in [3.05, 3.63) is 186 Å². The van der Waals surface area contributed by atoms with Gasteiger partial charge in [-0.05, 0) is 159 Å². The average molecular weight is 766 g/mol. The third-order valence-corrected chi connectivity index (χ3v) is 15.0. The minimum absolute atomic E-state index is 0.177. The third kappa shape index (κ3) is 6.55. The van der Waals surface area contributed by atoms with Crippen molar-refractivity contribution < 1.29 is 0 Å². The normalized spacial score (nSPS) is 20.3. The molecule has 0 aromatic heterocycles. The molecule has 2 bridgehead atoms. The largest absolute Gasteiger partial charge is 0.310 e. The van der Waals surface area contributed by atoms with Gasteiger partial charge in [0.2, 0.25) is 0 Å². The van der Waals surface area contributed by atoms with Gasteiger partial charge in [0.25, 0.3) is 0 Å². The molecule has 11 rings (SSSR count). The number of hydrogen-bond donors (Lipinski definition) is 0. The first-order chi connectivity index (χ1) is 29.0. The Hall–Kier alpha value is -5.66. The van der Waals surface area contributed by atoms with Gasteiger partial charge < -0.3 is 4.90 Å². The molecule has 0 N–H and O–H groups in total. The molecule has 0 saturated heterocycles. The van der Waals surface area contributed by atoms with Gasteiger partial charge in [-0.2, -0.15) is 0 Å². The zero-order valence-electron chi connectivity index (χ0n) is 34.7. The SMILES string of the molecule is CC1(C)c2cc(-c3ccccc3)ccc2-c2cc(-c3ccccc3)c(N(c3ccc(-c4cccc(C5CCCCC5)c4)cc3)c3ccc(C4CC5CCC4C5)cc3)cc21. The summed E-state index contributed by atoms with van der Waals surface area (Å²) in [5.74, 6) is 3.19. The van der Waals surface area contributed by atoms with E-state index in [9.17, 15) is 0 Å². The van der Waals surface area contributed by atoms with Crippen molar-refractivity contribution in [2.75, 3.05) is 4.90 Å². The van der Waals surface area contributed by atoms with E-state index in [2.05, 4.69) is 183 Å². The predicted molar refractivity (Wildman–Crippen MR) is 249 cm³/mol. The second-order valence-corrected chi connectivity index (χ2v) is 18.7. The first-order valence-corrected chi connectivity index (χ1v) is 22.5. The fourth-order valence-electron chi connectivity index (χ4n) is 11.8. The molecule has 59 heavy (non-hydrogen) atoms. The molecule has 292 valence electrons. The second kappa shape index (κ2) is 14.9. The van der Waals surface area contributed by atoms with Crippen LogP contribution >= 0.6 is 0 Å². The highest BCUT2D eigenvalue weighted by Gasteiger charge is 2.40. The quantitative estimate of drug-likeness (QED) is 0.149. The first kappa shape index (κ1) is 36.4. The molecule has 0 aliphatic heterocycles. The molecule has 3 atom stereocenters. The molecule has 4 aliphatic carbocycles. The van der Waals surface area contributed by atoms with Crippen LogP contribution in [-0.2, 0) is 5.41 Å². The minimum Gasteiger partial charge on any atom is -0.310 e. The van der Waals surface area contributed by atoms with E-state index < -0.39 is 0 Å². The van der Waals surface area contributed by atoms with Gasteiger partial charge >= 0.3 is 0 Å². The molecule has 7 aromatic carbocycles. The van der Waals surface area contributed by atoms with Gasteiger partial charge in [0, 0.05) is 22.4 Å². The number of hydrogen-bond acceptors (Lipinski definition) is 1. The van der Waals surface area contributed by atoms with E-state index >= 15 is 0 Å². The number of rotatable bonds is 8. The molecule has 1 heteroatoms. The highest BCUT2D eigenvalue weighted by Crippen LogP contribution is 2.55. The summed E-state index contributed by atoms with van der Waals surface area (Å²) in [6.07, 6.45) is 12.4. The van der Waals surface area contributed by atoms with Crippen LogP contribution < -0.4 is 4.90 Å². The van der Waals surface area contributed by atoms with Crippen molar-refractivity contribution in [2.24, 2.45) is 11.8 Å². The zero-order valence-corrected chi connectivity index (χ0v) is 34.7. The van der Waals surface area contributed by atoms with Crippen LogP contribution in [0.25, 0.3) is 44.5 Å². The Morgan fingerprint density at radius 1 is 0.441 bits per heavy atom. The Bertz CT molecular complexity index is 2610. The van der Waals surface area contributed by atoms with Crippen LogP contribution in [0, 0.1) is 11.8 Å². The van der Waals surface area contributed by atoms with Crippen LogP contribution in [0.2, 0.25) is 0 Å². The lowest BCUT2D eigenvalue weighted by molar-refractivity contribution is 0.420. The maximum absolute atomic E-state index is 2.55. The van der Waals surface area contributed by atoms with Gasteiger partial charge in [0.15, 0.2) is 0 Å². The van der Waals surface area contributed by atoms with Crippen molar-refractivity contribution in [1.29, 1.82) is 0 Å². The maximum Gasteiger partial charge on any atom is 0.0543 e. The molecular weight excluding hydrogens is 711 g/mol. The van der Waals surface area contributed by atoms with Crippen molar-refractivity contribution in [3.63, 3.8) is 0 Å². The molecule has 0 spiro atoms. The van der Waals surface area contributed by atoms with E-state index in [4.69, 9.17) is 0 Å². The van der Waals surface area contributed by atoms with Crippen molar-refractivity contribution in [1.82, 2.24) is 0 Å². The summed E-state index contributed by atoms with van der Waals surface area (Å²) < 4.78 is 0. The molecule has 0 radical (unpaired) electrons. The van der Waals surface area contributed by atoms with E-state index in [0.29, 0.717) is 11.8 Å². The van der Waals surface area contributed by atoms with Gasteiger partial charge in [0.1, 0.15) is 0 Å². The van der Waals surface area contributed by atoms with Crippen molar-refractivity contribution >= 4 is 17.1 Å². The van der Waals surface area contributed by atoms with E-state index in [1.54, 1.807) is 0 Å². The summed E-state index contributed by atoms with van der Waals surface area (Å²) in [6, 6.07) is 62.6. The molecule has 3 unspecified atom stereocenters. The Morgan fingerprint density at radius 3 is 1.76 bits per heavy atom. The fraction of sp³-hybridized carbons (Fsp3) is 0.276. The number of anilines is 3. The van der Waals surface area contributed by atoms with Gasteiger partial charge in [-0.3, -0.25) is 0 Å². The smallest absolute Gasteiger partial charge is 0.0543 e. The molecule has 4 aliphatic rings. The topological polar surface area (TPSA) is 3.24 Å². The summed E-state index contributed by atoms with van der Waals surface area (Å²) in [5.41, 5.74) is 19.5. The van der Waals surface area contributed by atoms with Crippen LogP contribution in [0.1, 0.15) is 106 Å². The summed E-state index contributed by atoms with van der Waals surface area (Å²) in [5, 5.41) is 0. The average Bonchev–Trinajstić information content (AvgIpc) is 4.00. The molecule has 0 amide bonds. The Labute approximate surface area is 351 Å². The Kier molecular flexibility index (Phi) is 9.18. The lowest BCUT2D eigenvalue weighted by atomic mass is 9.81. The minimum atomic E-state index is -0.177. The molecular formula is C58H55N. The summed E-state index contributed by atoms with van der Waals surface area (Å²) in [4.78, 5) is 2.55. The standard InChI is InChI=1S/C58H55N/c1-58(2)55-36-47(41-15-8-4-9-16-41)27-32-51(55)54-37-53(43-17-10-5-11-18-43)57(38-56(54)58)59(50-30-25-44(26-31-50)52-34-39-21-22-48(52)33-39)49-28-23-42(24-29-49)46-20-12-19-45(35-46)40-13-6-3-7-14-40/h4-5,8-12,15-20,23-32,35-40,48,52H,3,6-7,13-14,21-22,33-34H2,1-2H3. The maximum atomic E-state index is 2.55. The van der Waals surface area contributed by atoms with Gasteiger partial charge in [0.05, 0.1) is 5.69 Å². The first-order valence-electron chi connectivity index (χ1n) is 22.5. The highest BCUT2D eigenvalue weighted by atomic mass is 15.1. The summed E-state index contributed by atoms with van der Waals surface area (Å²) >= 11 is 0. The molecule has 3 saturated carbocycles. The number of benzene rings is 7. The zero-order chi connectivity index (χ0) is 39.5. The fourth-order valence-corrected chi connectivity index (χ4v) is 11.8. The predicted octanol–water partition coefficient (Wildman–Crippen LogP) is 16.4. The van der Waals surface area contributed by atoms with Crippen LogP contribution in [0.5, 0.6) is 0 Å². The lowest BCUT2D eigenvalue weighted by Gasteiger charge is -2.31. The van der Waals surface area contributed by atoms with Gasteiger partial charge in [-0.15, -0.1) is 0 Å². The summed E-state index contributed by atoms with van der Waals surface area (Å²) in [7, 11) is 0. The number of nitrogens with zero attached hydrogens (tertiary/aromatic N) is 1. The van der Waals surface area contributed by atoms with Crippen LogP contribution in [0.4, 0.5) is 17.1 Å². The lowest BCUT2D eigenvalue weighted by Crippen LogP contribution is -2.17. The highest BCUT2D eigenvalue weighted by molar-refractivity contribution is 5.95. The van der Waals surface area contributed by atoms with Crippen LogP contribution in [-0.4, -0.2) is 0 Å². The monoisotopic (exact) mass is 765 g/mol. The molecule has 7 aromatic rings. The molecule has 1 nitrogen and oxygen atoms in total. The molecule has 0 heterocycles. The third-order valence-electron chi connectivity index (χ3n) is 15.0. The number of fused-ring (bicyclic) bond motifs is 5. The van der Waals surface area contributed by atoms with E-state index in [1.165, 1.54) is 142 Å². The van der Waals surface area contributed by atoms with Crippen molar-refractivity contribution in [2.45, 2.75) is 88.9 Å². The Morgan fingerprint density at radius 2 is 1.07 bits per heavy atom. The van der Waals surface area contributed by atoms with E-state index in [0.717, 1.165) is 11.8 Å². The summed E-state index contributed by atoms with van der Waals surface area (Å²) in [6.45, 7) is 4.84. The molecule has 3 fully saturated rings.